The molecule has 10 heteroatoms. The summed E-state index contributed by atoms with van der Waals surface area (Å²) in [4.78, 5) is 27.8. The van der Waals surface area contributed by atoms with Crippen LogP contribution in [0.3, 0.4) is 0 Å². The van der Waals surface area contributed by atoms with E-state index in [1.165, 1.54) is 6.92 Å². The molecule has 1 aliphatic heterocycles. The molecule has 2 heterocycles. The number of hydrogen-bond donors (Lipinski definition) is 3. The molecule has 20 heavy (non-hydrogen) atoms. The van der Waals surface area contributed by atoms with Gasteiger partial charge in [0, 0.05) is 23.1 Å². The van der Waals surface area contributed by atoms with Gasteiger partial charge in [-0.05, 0) is 17.6 Å². The van der Waals surface area contributed by atoms with Crippen molar-refractivity contribution in [3.8, 4) is 0 Å². The lowest BCUT2D eigenvalue weighted by Crippen LogP contribution is -2.48. The van der Waals surface area contributed by atoms with E-state index in [2.05, 4.69) is 10.0 Å². The zero-order valence-corrected chi connectivity index (χ0v) is 10.6. The summed E-state index contributed by atoms with van der Waals surface area (Å²) >= 11 is 0. The SMILES string of the molecule is Cc1cn([C@]2(N=[N+]=[N-])O[C@H](CO)C[C@H]2O)c(=O)[nH]c1=O. The summed E-state index contributed by atoms with van der Waals surface area (Å²) in [7, 11) is 0. The smallest absolute Gasteiger partial charge is 0.330 e. The Labute approximate surface area is 111 Å². The first kappa shape index (κ1) is 14.3. The molecule has 2 rings (SSSR count). The third kappa shape index (κ3) is 2.10. The van der Waals surface area contributed by atoms with Gasteiger partial charge in [0.1, 0.15) is 6.10 Å². The van der Waals surface area contributed by atoms with Gasteiger partial charge in [-0.2, -0.15) is 0 Å². The van der Waals surface area contributed by atoms with Gasteiger partial charge in [-0.15, -0.1) is 0 Å². The van der Waals surface area contributed by atoms with Gasteiger partial charge in [-0.3, -0.25) is 14.3 Å². The first-order chi connectivity index (χ1) is 9.44. The maximum Gasteiger partial charge on any atom is 0.330 e. The Morgan fingerprint density at radius 1 is 1.70 bits per heavy atom. The second kappa shape index (κ2) is 5.10. The minimum atomic E-state index is -2.02. The lowest BCUT2D eigenvalue weighted by Gasteiger charge is -2.28. The minimum absolute atomic E-state index is 0.0138. The number of hydrogen-bond acceptors (Lipinski definition) is 6. The Morgan fingerprint density at radius 3 is 2.95 bits per heavy atom. The first-order valence-electron chi connectivity index (χ1n) is 5.80. The predicted octanol–water partition coefficient (Wildman–Crippen LogP) is -1.09. The van der Waals surface area contributed by atoms with Crippen molar-refractivity contribution in [2.24, 2.45) is 5.11 Å². The number of aryl methyl sites for hydroxylation is 1. The molecule has 1 aromatic rings. The van der Waals surface area contributed by atoms with Crippen LogP contribution in [0.5, 0.6) is 0 Å². The van der Waals surface area contributed by atoms with Crippen molar-refractivity contribution in [1.82, 2.24) is 9.55 Å². The van der Waals surface area contributed by atoms with Gasteiger partial charge >= 0.3 is 5.69 Å². The molecule has 108 valence electrons. The second-order valence-corrected chi connectivity index (χ2v) is 4.46. The highest BCUT2D eigenvalue weighted by Gasteiger charge is 2.50. The van der Waals surface area contributed by atoms with Crippen LogP contribution in [-0.4, -0.2) is 38.6 Å². The summed E-state index contributed by atoms with van der Waals surface area (Å²) in [6, 6.07) is 0. The molecule has 1 aromatic heterocycles. The van der Waals surface area contributed by atoms with Crippen LogP contribution in [0.4, 0.5) is 0 Å². The van der Waals surface area contributed by atoms with E-state index in [-0.39, 0.29) is 12.0 Å². The number of nitrogens with zero attached hydrogens (tertiary/aromatic N) is 4. The maximum atomic E-state index is 11.9. The molecule has 3 N–H and O–H groups in total. The average Bonchev–Trinajstić information content (AvgIpc) is 2.72. The summed E-state index contributed by atoms with van der Waals surface area (Å²) in [5, 5.41) is 22.5. The van der Waals surface area contributed by atoms with E-state index in [9.17, 15) is 14.7 Å². The normalized spacial score (nSPS) is 29.1. The Bertz CT molecular complexity index is 675. The Morgan fingerprint density at radius 2 is 2.40 bits per heavy atom. The molecule has 0 amide bonds. The Kier molecular flexibility index (Phi) is 3.64. The topological polar surface area (TPSA) is 153 Å². The zero-order chi connectivity index (χ0) is 14.9. The molecule has 0 unspecified atom stereocenters. The number of aliphatic hydroxyl groups is 2. The third-order valence-electron chi connectivity index (χ3n) is 3.12. The lowest BCUT2D eigenvalue weighted by molar-refractivity contribution is -0.145. The molecule has 1 saturated heterocycles. The third-order valence-corrected chi connectivity index (χ3v) is 3.12. The molecule has 0 spiro atoms. The fourth-order valence-electron chi connectivity index (χ4n) is 2.11. The summed E-state index contributed by atoms with van der Waals surface area (Å²) in [6.07, 6.45) is -0.993. The molecule has 0 aliphatic carbocycles. The molecular weight excluding hydrogens is 270 g/mol. The van der Waals surface area contributed by atoms with Gasteiger partial charge in [0.05, 0.1) is 12.7 Å². The van der Waals surface area contributed by atoms with E-state index in [0.29, 0.717) is 0 Å². The van der Waals surface area contributed by atoms with E-state index in [1.54, 1.807) is 0 Å². The van der Waals surface area contributed by atoms with Gasteiger partial charge in [-0.25, -0.2) is 4.79 Å². The Balaban J connectivity index is 2.66. The quantitative estimate of drug-likeness (QED) is 0.365. The van der Waals surface area contributed by atoms with Gasteiger partial charge in [0.15, 0.2) is 0 Å². The van der Waals surface area contributed by atoms with Crippen molar-refractivity contribution in [1.29, 1.82) is 0 Å². The lowest BCUT2D eigenvalue weighted by atomic mass is 10.1. The van der Waals surface area contributed by atoms with Crippen LogP contribution < -0.4 is 11.2 Å². The summed E-state index contributed by atoms with van der Waals surface area (Å²) in [5.41, 5.74) is 7.37. The molecular formula is C10H13N5O5. The molecule has 0 bridgehead atoms. The molecule has 0 radical (unpaired) electrons. The maximum absolute atomic E-state index is 11.9. The van der Waals surface area contributed by atoms with Gasteiger partial charge in [0.25, 0.3) is 11.4 Å². The van der Waals surface area contributed by atoms with Crippen LogP contribution in [0, 0.1) is 6.92 Å². The van der Waals surface area contributed by atoms with Crippen LogP contribution in [0.15, 0.2) is 20.9 Å². The fourth-order valence-corrected chi connectivity index (χ4v) is 2.11. The highest BCUT2D eigenvalue weighted by atomic mass is 16.6. The van der Waals surface area contributed by atoms with Crippen LogP contribution >= 0.6 is 0 Å². The summed E-state index contributed by atoms with van der Waals surface area (Å²) in [5.74, 6) is -2.02. The second-order valence-electron chi connectivity index (χ2n) is 4.46. The summed E-state index contributed by atoms with van der Waals surface area (Å²) in [6.45, 7) is 1.04. The van der Waals surface area contributed by atoms with E-state index >= 15 is 0 Å². The number of H-pyrrole nitrogens is 1. The zero-order valence-electron chi connectivity index (χ0n) is 10.6. The molecule has 10 nitrogen and oxygen atoms in total. The molecule has 1 aliphatic rings. The van der Waals surface area contributed by atoms with Crippen molar-refractivity contribution in [3.63, 3.8) is 0 Å². The van der Waals surface area contributed by atoms with E-state index in [4.69, 9.17) is 15.4 Å². The standard InChI is InChI=1S/C10H13N5O5/c1-5-3-15(9(19)12-8(5)18)10(13-14-11)7(17)2-6(4-16)20-10/h3,6-7,16-17H,2,4H2,1H3,(H,12,18,19)/t6-,7+,10-/m0/s1. The minimum Gasteiger partial charge on any atom is -0.394 e. The van der Waals surface area contributed by atoms with Crippen LogP contribution in [0.1, 0.15) is 12.0 Å². The average molecular weight is 283 g/mol. The van der Waals surface area contributed by atoms with Crippen molar-refractivity contribution in [2.75, 3.05) is 6.61 Å². The van der Waals surface area contributed by atoms with Crippen molar-refractivity contribution in [3.05, 3.63) is 43.0 Å². The largest absolute Gasteiger partial charge is 0.394 e. The number of aromatic amines is 1. The number of rotatable bonds is 3. The summed E-state index contributed by atoms with van der Waals surface area (Å²) < 4.78 is 6.16. The van der Waals surface area contributed by atoms with Crippen LogP contribution in [-0.2, 0) is 10.6 Å². The van der Waals surface area contributed by atoms with E-state index in [1.807, 2.05) is 4.98 Å². The van der Waals surface area contributed by atoms with Gasteiger partial charge in [-0.1, -0.05) is 0 Å². The van der Waals surface area contributed by atoms with Crippen molar-refractivity contribution < 1.29 is 14.9 Å². The fraction of sp³-hybridized carbons (Fsp3) is 0.600. The number of aliphatic hydroxyl groups excluding tert-OH is 2. The molecule has 3 atom stereocenters. The van der Waals surface area contributed by atoms with Gasteiger partial charge < -0.3 is 14.9 Å². The molecule has 0 saturated carbocycles. The number of ether oxygens (including phenoxy) is 1. The molecule has 1 fully saturated rings. The highest BCUT2D eigenvalue weighted by Crippen LogP contribution is 2.35. The predicted molar refractivity (Wildman–Crippen MR) is 65.8 cm³/mol. The number of nitrogens with one attached hydrogen (secondary N) is 1. The Hall–Kier alpha value is -2.13. The van der Waals surface area contributed by atoms with E-state index in [0.717, 1.165) is 10.8 Å². The number of azide groups is 1. The van der Waals surface area contributed by atoms with Crippen LogP contribution in [0.25, 0.3) is 10.4 Å². The monoisotopic (exact) mass is 283 g/mol. The van der Waals surface area contributed by atoms with Crippen molar-refractivity contribution in [2.45, 2.75) is 31.4 Å². The van der Waals surface area contributed by atoms with Crippen molar-refractivity contribution >= 4 is 0 Å². The van der Waals surface area contributed by atoms with E-state index < -0.39 is 35.9 Å². The van der Waals surface area contributed by atoms with Crippen LogP contribution in [0.2, 0.25) is 0 Å². The van der Waals surface area contributed by atoms with Gasteiger partial charge in [0.2, 0.25) is 0 Å². The highest BCUT2D eigenvalue weighted by molar-refractivity contribution is 5.05. The number of aromatic nitrogens is 2. The first-order valence-corrected chi connectivity index (χ1v) is 5.80. The molecule has 0 aromatic carbocycles.